The number of halogens is 3. The Morgan fingerprint density at radius 2 is 1.39 bits per heavy atom. The number of benzene rings is 1. The maximum Gasteiger partial charge on any atom is 0.424 e. The van der Waals surface area contributed by atoms with Crippen molar-refractivity contribution in [1.29, 1.82) is 0 Å². The smallest absolute Gasteiger partial charge is 0.424 e. The van der Waals surface area contributed by atoms with Crippen LogP contribution in [-0.2, 0) is 9.47 Å². The summed E-state index contributed by atoms with van der Waals surface area (Å²) < 4.78 is 10.7. The van der Waals surface area contributed by atoms with Crippen LogP contribution in [0, 0.1) is 0 Å². The Morgan fingerprint density at radius 1 is 0.964 bits per heavy atom. The molecule has 0 spiro atoms. The number of carbonyl (C=O) groups is 3. The topological polar surface area (TPSA) is 93.1 Å². The van der Waals surface area contributed by atoms with Gasteiger partial charge in [0.15, 0.2) is 0 Å². The summed E-state index contributed by atoms with van der Waals surface area (Å²) in [5.41, 5.74) is -1.69. The molecule has 1 rings (SSSR count). The van der Waals surface area contributed by atoms with E-state index in [0.717, 1.165) is 0 Å². The number of nitrogens with zero attached hydrogens (tertiary/aromatic N) is 1. The zero-order valence-corrected chi connectivity index (χ0v) is 21.1. The number of ether oxygens (including phenoxy) is 2. The fraction of sp³-hybridized carbons (Fsp3) is 0.500. The Kier molecular flexibility index (Phi) is 8.12. The van der Waals surface area contributed by atoms with Crippen LogP contribution >= 0.6 is 47.8 Å². The molecule has 0 bridgehead atoms. The van der Waals surface area contributed by atoms with Crippen LogP contribution in [0.3, 0.4) is 0 Å². The molecule has 0 unspecified atom stereocenters. The van der Waals surface area contributed by atoms with Crippen LogP contribution < -0.4 is 4.90 Å². The number of carboxylic acids is 1. The summed E-state index contributed by atoms with van der Waals surface area (Å²) in [6.07, 6.45) is -2.09. The number of carboxylic acid groups (broad SMARTS) is 1. The standard InChI is InChI=1S/C18H22Br3NO6/c1-17(2,3)27-15(25)22(16(26)28-18(4,5)6)12-8-9(13(20)21)11(19)7-10(12)14(23)24/h7-8,13H,1-6H3,(H,23,24). The largest absolute Gasteiger partial charge is 0.478 e. The Bertz CT molecular complexity index is 753. The van der Waals surface area contributed by atoms with Crippen molar-refractivity contribution >= 4 is 71.6 Å². The highest BCUT2D eigenvalue weighted by molar-refractivity contribution is 9.24. The minimum absolute atomic E-state index is 0.168. The van der Waals surface area contributed by atoms with Gasteiger partial charge in [-0.1, -0.05) is 47.8 Å². The molecule has 0 aromatic heterocycles. The number of aromatic carboxylic acids is 1. The third kappa shape index (κ3) is 7.04. The highest BCUT2D eigenvalue weighted by atomic mass is 79.9. The highest BCUT2D eigenvalue weighted by Gasteiger charge is 2.35. The molecule has 0 heterocycles. The molecule has 156 valence electrons. The molecule has 1 aromatic rings. The normalized spacial score (nSPS) is 11.9. The number of amides is 2. The zero-order chi connectivity index (χ0) is 22.0. The van der Waals surface area contributed by atoms with Crippen molar-refractivity contribution in [1.82, 2.24) is 0 Å². The summed E-state index contributed by atoms with van der Waals surface area (Å²) in [4.78, 5) is 38.0. The van der Waals surface area contributed by atoms with Gasteiger partial charge in [0, 0.05) is 4.47 Å². The van der Waals surface area contributed by atoms with Crippen molar-refractivity contribution in [3.05, 3.63) is 27.7 Å². The molecule has 0 aliphatic heterocycles. The number of rotatable bonds is 3. The molecule has 1 N–H and O–H groups in total. The third-order valence-corrected chi connectivity index (χ3v) is 4.65. The van der Waals surface area contributed by atoms with Crippen LogP contribution in [0.1, 0.15) is 61.2 Å². The van der Waals surface area contributed by atoms with Crippen molar-refractivity contribution in [2.45, 2.75) is 56.5 Å². The average molecular weight is 588 g/mol. The number of anilines is 1. The molecule has 10 heteroatoms. The van der Waals surface area contributed by atoms with Crippen LogP contribution in [0.5, 0.6) is 0 Å². The van der Waals surface area contributed by atoms with Gasteiger partial charge in [-0.3, -0.25) is 0 Å². The molecule has 0 saturated carbocycles. The summed E-state index contributed by atoms with van der Waals surface area (Å²) in [6.45, 7) is 9.81. The molecule has 0 aliphatic carbocycles. The van der Waals surface area contributed by atoms with E-state index in [-0.39, 0.29) is 15.0 Å². The van der Waals surface area contributed by atoms with E-state index >= 15 is 0 Å². The van der Waals surface area contributed by atoms with E-state index in [9.17, 15) is 19.5 Å². The lowest BCUT2D eigenvalue weighted by Crippen LogP contribution is -2.44. The summed E-state index contributed by atoms with van der Waals surface area (Å²) in [5.74, 6) is -1.32. The summed E-state index contributed by atoms with van der Waals surface area (Å²) in [5, 5.41) is 9.62. The lowest BCUT2D eigenvalue weighted by atomic mass is 10.1. The van der Waals surface area contributed by atoms with Crippen molar-refractivity contribution < 1.29 is 29.0 Å². The molecule has 1 aromatic carbocycles. The molecule has 0 aliphatic rings. The lowest BCUT2D eigenvalue weighted by molar-refractivity contribution is 0.0430. The average Bonchev–Trinajstić information content (AvgIpc) is 2.44. The number of hydrogen-bond acceptors (Lipinski definition) is 5. The molecule has 7 nitrogen and oxygen atoms in total. The lowest BCUT2D eigenvalue weighted by Gasteiger charge is -2.29. The van der Waals surface area contributed by atoms with Gasteiger partial charge in [0.25, 0.3) is 0 Å². The SMILES string of the molecule is CC(C)(C)OC(=O)N(C(=O)OC(C)(C)C)c1cc(C(Br)Br)c(Br)cc1C(=O)O. The van der Waals surface area contributed by atoms with Crippen molar-refractivity contribution in [2.75, 3.05) is 4.90 Å². The fourth-order valence-electron chi connectivity index (χ4n) is 1.99. The van der Waals surface area contributed by atoms with Gasteiger partial charge in [-0.25, -0.2) is 14.4 Å². The summed E-state index contributed by atoms with van der Waals surface area (Å²) >= 11 is 9.97. The number of hydrogen-bond donors (Lipinski definition) is 1. The third-order valence-electron chi connectivity index (χ3n) is 2.97. The quantitative estimate of drug-likeness (QED) is 0.400. The predicted molar refractivity (Wildman–Crippen MR) is 117 cm³/mol. The Labute approximate surface area is 189 Å². The first-order chi connectivity index (χ1) is 12.5. The van der Waals surface area contributed by atoms with E-state index in [1.807, 2.05) is 0 Å². The summed E-state index contributed by atoms with van der Waals surface area (Å²) in [7, 11) is 0. The van der Waals surface area contributed by atoms with Gasteiger partial charge in [0.1, 0.15) is 11.2 Å². The minimum Gasteiger partial charge on any atom is -0.478 e. The van der Waals surface area contributed by atoms with E-state index in [1.165, 1.54) is 12.1 Å². The van der Waals surface area contributed by atoms with E-state index in [0.29, 0.717) is 14.9 Å². The van der Waals surface area contributed by atoms with Crippen molar-refractivity contribution in [2.24, 2.45) is 0 Å². The van der Waals surface area contributed by atoms with E-state index in [2.05, 4.69) is 47.8 Å². The number of imide groups is 1. The minimum atomic E-state index is -1.32. The Hall–Kier alpha value is -1.13. The van der Waals surface area contributed by atoms with Crippen LogP contribution in [0.15, 0.2) is 16.6 Å². The maximum absolute atomic E-state index is 12.8. The maximum atomic E-state index is 12.8. The van der Waals surface area contributed by atoms with Gasteiger partial charge in [-0.05, 0) is 59.2 Å². The van der Waals surface area contributed by atoms with Gasteiger partial charge in [0.05, 0.1) is 15.0 Å². The van der Waals surface area contributed by atoms with Crippen LogP contribution in [0.4, 0.5) is 15.3 Å². The predicted octanol–water partition coefficient (Wildman–Crippen LogP) is 6.61. The Morgan fingerprint density at radius 3 is 1.71 bits per heavy atom. The molecule has 0 saturated heterocycles. The van der Waals surface area contributed by atoms with E-state index in [4.69, 9.17) is 9.47 Å². The second-order valence-corrected chi connectivity index (χ2v) is 11.7. The summed E-state index contributed by atoms with van der Waals surface area (Å²) in [6, 6.07) is 2.71. The molecule has 0 fully saturated rings. The van der Waals surface area contributed by atoms with Crippen LogP contribution in [0.25, 0.3) is 0 Å². The zero-order valence-electron chi connectivity index (χ0n) is 16.3. The first-order valence-corrected chi connectivity index (χ1v) is 10.8. The first kappa shape index (κ1) is 24.9. The highest BCUT2D eigenvalue weighted by Crippen LogP contribution is 2.39. The molecule has 0 radical (unpaired) electrons. The molecular formula is C18H22Br3NO6. The second-order valence-electron chi connectivity index (χ2n) is 7.79. The van der Waals surface area contributed by atoms with Gasteiger partial charge >= 0.3 is 18.2 Å². The fourth-order valence-corrected chi connectivity index (χ4v) is 3.93. The van der Waals surface area contributed by atoms with Crippen molar-refractivity contribution in [3.63, 3.8) is 0 Å². The number of carbonyl (C=O) groups excluding carboxylic acids is 2. The molecular weight excluding hydrogens is 566 g/mol. The monoisotopic (exact) mass is 585 g/mol. The number of alkyl halides is 2. The van der Waals surface area contributed by atoms with E-state index in [1.54, 1.807) is 41.5 Å². The van der Waals surface area contributed by atoms with Crippen LogP contribution in [0.2, 0.25) is 0 Å². The van der Waals surface area contributed by atoms with Gasteiger partial charge in [-0.15, -0.1) is 0 Å². The molecule has 0 atom stereocenters. The molecule has 28 heavy (non-hydrogen) atoms. The second kappa shape index (κ2) is 9.13. The van der Waals surface area contributed by atoms with Gasteiger partial charge in [-0.2, -0.15) is 4.90 Å². The van der Waals surface area contributed by atoms with Crippen molar-refractivity contribution in [3.8, 4) is 0 Å². The Balaban J connectivity index is 3.68. The van der Waals surface area contributed by atoms with Gasteiger partial charge in [0.2, 0.25) is 0 Å². The van der Waals surface area contributed by atoms with E-state index < -0.39 is 29.4 Å². The first-order valence-electron chi connectivity index (χ1n) is 8.14. The molecule has 2 amide bonds. The van der Waals surface area contributed by atoms with Crippen LogP contribution in [-0.4, -0.2) is 34.5 Å². The van der Waals surface area contributed by atoms with Gasteiger partial charge < -0.3 is 14.6 Å².